The van der Waals surface area contributed by atoms with E-state index in [0.717, 1.165) is 5.56 Å². The van der Waals surface area contributed by atoms with Gasteiger partial charge in [-0.25, -0.2) is 4.98 Å². The summed E-state index contributed by atoms with van der Waals surface area (Å²) in [5, 5.41) is 12.5. The van der Waals surface area contributed by atoms with Crippen molar-refractivity contribution in [3.8, 4) is 0 Å². The van der Waals surface area contributed by atoms with E-state index in [1.54, 1.807) is 25.3 Å². The number of aromatic nitrogens is 1. The molecule has 4 nitrogen and oxygen atoms in total. The number of aliphatic hydroxyl groups excluding tert-OH is 1. The van der Waals surface area contributed by atoms with Gasteiger partial charge in [0.1, 0.15) is 4.60 Å². The summed E-state index contributed by atoms with van der Waals surface area (Å²) in [7, 11) is 0. The molecule has 1 unspecified atom stereocenters. The number of aliphatic hydroxyl groups is 1. The Kier molecular flexibility index (Phi) is 4.52. The number of nitrogens with zero attached hydrogens (tertiary/aromatic N) is 1. The van der Waals surface area contributed by atoms with Crippen LogP contribution in [0.1, 0.15) is 22.8 Å². The average molecular weight is 335 g/mol. The van der Waals surface area contributed by atoms with Gasteiger partial charge >= 0.3 is 0 Å². The normalized spacial score (nSPS) is 13.6. The van der Waals surface area contributed by atoms with Crippen LogP contribution in [-0.4, -0.2) is 22.6 Å². The number of pyridine rings is 1. The molecule has 0 aliphatic carbocycles. The minimum atomic E-state index is -0.840. The molecule has 0 aliphatic heterocycles. The van der Waals surface area contributed by atoms with Crippen LogP contribution < -0.4 is 5.32 Å². The van der Waals surface area contributed by atoms with Crippen LogP contribution in [0.15, 0.2) is 53.3 Å². The molecule has 5 heteroatoms. The number of rotatable bonds is 4. The number of carbonyl (C=O) groups excluding carboxylic acids is 1. The van der Waals surface area contributed by atoms with Crippen molar-refractivity contribution in [1.82, 2.24) is 10.3 Å². The fraction of sp³-hybridized carbons (Fsp3) is 0.200. The van der Waals surface area contributed by atoms with Gasteiger partial charge in [-0.05, 0) is 40.5 Å². The molecule has 0 bridgehead atoms. The molecular formula is C15H15BrN2O2. The lowest BCUT2D eigenvalue weighted by atomic mass is 9.92. The highest BCUT2D eigenvalue weighted by atomic mass is 79.9. The average Bonchev–Trinajstić information content (AvgIpc) is 2.48. The fourth-order valence-electron chi connectivity index (χ4n) is 1.88. The van der Waals surface area contributed by atoms with Gasteiger partial charge in [0.05, 0.1) is 17.7 Å². The van der Waals surface area contributed by atoms with Crippen LogP contribution in [0.4, 0.5) is 0 Å². The second-order valence-electron chi connectivity index (χ2n) is 4.65. The minimum Gasteiger partial charge on any atom is -0.394 e. The predicted octanol–water partition coefficient (Wildman–Crippen LogP) is 2.48. The van der Waals surface area contributed by atoms with Crippen LogP contribution in [0.5, 0.6) is 0 Å². The molecule has 1 atom stereocenters. The first-order valence-corrected chi connectivity index (χ1v) is 6.95. The number of hydrogen-bond acceptors (Lipinski definition) is 3. The Bertz CT molecular complexity index is 604. The van der Waals surface area contributed by atoms with Crippen molar-refractivity contribution in [3.63, 3.8) is 0 Å². The van der Waals surface area contributed by atoms with Crippen molar-refractivity contribution in [2.45, 2.75) is 12.5 Å². The molecule has 20 heavy (non-hydrogen) atoms. The van der Waals surface area contributed by atoms with Crippen LogP contribution >= 0.6 is 15.9 Å². The summed E-state index contributed by atoms with van der Waals surface area (Å²) in [6.45, 7) is 1.59. The third-order valence-corrected chi connectivity index (χ3v) is 3.75. The van der Waals surface area contributed by atoms with Crippen LogP contribution in [0, 0.1) is 0 Å². The molecule has 2 aromatic rings. The second kappa shape index (κ2) is 6.15. The Morgan fingerprint density at radius 2 is 2.00 bits per heavy atom. The predicted molar refractivity (Wildman–Crippen MR) is 80.3 cm³/mol. The Balaban J connectivity index is 2.27. The van der Waals surface area contributed by atoms with Gasteiger partial charge in [-0.2, -0.15) is 0 Å². The molecule has 1 aromatic heterocycles. The Morgan fingerprint density at radius 3 is 2.60 bits per heavy atom. The van der Waals surface area contributed by atoms with Gasteiger partial charge in [0.25, 0.3) is 5.91 Å². The lowest BCUT2D eigenvalue weighted by Gasteiger charge is -2.29. The van der Waals surface area contributed by atoms with E-state index < -0.39 is 5.54 Å². The van der Waals surface area contributed by atoms with E-state index in [2.05, 4.69) is 26.2 Å². The molecular weight excluding hydrogens is 320 g/mol. The molecule has 0 radical (unpaired) electrons. The van der Waals surface area contributed by atoms with E-state index in [0.29, 0.717) is 10.2 Å². The Hall–Kier alpha value is -1.72. The lowest BCUT2D eigenvalue weighted by Crippen LogP contribution is -2.46. The highest BCUT2D eigenvalue weighted by Gasteiger charge is 2.28. The Morgan fingerprint density at radius 1 is 1.30 bits per heavy atom. The molecule has 1 aromatic carbocycles. The number of carbonyl (C=O) groups is 1. The molecule has 1 heterocycles. The maximum atomic E-state index is 12.3. The van der Waals surface area contributed by atoms with Gasteiger partial charge in [-0.15, -0.1) is 0 Å². The van der Waals surface area contributed by atoms with Gasteiger partial charge in [0.15, 0.2) is 0 Å². The summed E-state index contributed by atoms with van der Waals surface area (Å²) in [6, 6.07) is 12.7. The van der Waals surface area contributed by atoms with Crippen molar-refractivity contribution in [2.24, 2.45) is 0 Å². The highest BCUT2D eigenvalue weighted by Crippen LogP contribution is 2.21. The maximum Gasteiger partial charge on any atom is 0.254 e. The monoisotopic (exact) mass is 334 g/mol. The van der Waals surface area contributed by atoms with Gasteiger partial charge in [0, 0.05) is 6.20 Å². The first kappa shape index (κ1) is 14.7. The van der Waals surface area contributed by atoms with Crippen LogP contribution in [0.25, 0.3) is 0 Å². The van der Waals surface area contributed by atoms with E-state index in [1.807, 2.05) is 30.3 Å². The largest absolute Gasteiger partial charge is 0.394 e. The molecule has 1 amide bonds. The van der Waals surface area contributed by atoms with E-state index in [9.17, 15) is 9.90 Å². The van der Waals surface area contributed by atoms with E-state index in [1.165, 1.54) is 0 Å². The van der Waals surface area contributed by atoms with Crippen molar-refractivity contribution >= 4 is 21.8 Å². The number of benzene rings is 1. The molecule has 104 valence electrons. The number of amides is 1. The van der Waals surface area contributed by atoms with Crippen molar-refractivity contribution in [1.29, 1.82) is 0 Å². The first-order valence-electron chi connectivity index (χ1n) is 6.16. The number of halogens is 1. The molecule has 0 fully saturated rings. The Labute approximate surface area is 126 Å². The molecule has 0 saturated carbocycles. The van der Waals surface area contributed by atoms with Gasteiger partial charge in [-0.1, -0.05) is 30.3 Å². The molecule has 2 N–H and O–H groups in total. The first-order chi connectivity index (χ1) is 9.57. The van der Waals surface area contributed by atoms with Crippen molar-refractivity contribution in [2.75, 3.05) is 6.61 Å². The minimum absolute atomic E-state index is 0.194. The van der Waals surface area contributed by atoms with Gasteiger partial charge < -0.3 is 10.4 Å². The third kappa shape index (κ3) is 3.05. The van der Waals surface area contributed by atoms with Crippen LogP contribution in [0.2, 0.25) is 0 Å². The number of hydrogen-bond donors (Lipinski definition) is 2. The van der Waals surface area contributed by atoms with Gasteiger partial charge in [0.2, 0.25) is 0 Å². The quantitative estimate of drug-likeness (QED) is 0.844. The number of nitrogens with one attached hydrogen (secondary N) is 1. The molecule has 0 spiro atoms. The lowest BCUT2D eigenvalue weighted by molar-refractivity contribution is 0.0848. The summed E-state index contributed by atoms with van der Waals surface area (Å²) < 4.78 is 0.478. The maximum absolute atomic E-state index is 12.3. The third-order valence-electron chi connectivity index (χ3n) is 3.12. The highest BCUT2D eigenvalue weighted by molar-refractivity contribution is 9.10. The summed E-state index contributed by atoms with van der Waals surface area (Å²) >= 11 is 3.25. The van der Waals surface area contributed by atoms with Crippen molar-refractivity contribution < 1.29 is 9.90 Å². The smallest absolute Gasteiger partial charge is 0.254 e. The van der Waals surface area contributed by atoms with E-state index in [4.69, 9.17) is 0 Å². The summed E-state index contributed by atoms with van der Waals surface area (Å²) in [6.07, 6.45) is 1.60. The molecule has 0 aliphatic rings. The molecule has 0 saturated heterocycles. The zero-order chi connectivity index (χ0) is 14.6. The summed E-state index contributed by atoms with van der Waals surface area (Å²) in [5.74, 6) is -0.287. The van der Waals surface area contributed by atoms with E-state index in [-0.39, 0.29) is 12.5 Å². The van der Waals surface area contributed by atoms with Crippen LogP contribution in [-0.2, 0) is 5.54 Å². The summed E-state index contributed by atoms with van der Waals surface area (Å²) in [5.41, 5.74) is 0.437. The zero-order valence-electron chi connectivity index (χ0n) is 11.0. The second-order valence-corrected chi connectivity index (χ2v) is 5.40. The standard InChI is InChI=1S/C15H15BrN2O2/c1-15(10-19,11-6-3-2-4-7-11)18-14(20)12-8-5-9-17-13(12)16/h2-9,19H,10H2,1H3,(H,18,20). The fourth-order valence-corrected chi connectivity index (χ4v) is 2.31. The summed E-state index contributed by atoms with van der Waals surface area (Å²) in [4.78, 5) is 16.3. The molecule has 2 rings (SSSR count). The van der Waals surface area contributed by atoms with Gasteiger partial charge in [-0.3, -0.25) is 4.79 Å². The zero-order valence-corrected chi connectivity index (χ0v) is 12.6. The van der Waals surface area contributed by atoms with Crippen LogP contribution in [0.3, 0.4) is 0 Å². The SMILES string of the molecule is CC(CO)(NC(=O)c1cccnc1Br)c1ccccc1. The van der Waals surface area contributed by atoms with Crippen molar-refractivity contribution in [3.05, 3.63) is 64.4 Å². The topological polar surface area (TPSA) is 62.2 Å². The van der Waals surface area contributed by atoms with E-state index >= 15 is 0 Å².